The fraction of sp³-hybridized carbons (Fsp3) is 0.694. The first-order valence-corrected chi connectivity index (χ1v) is 22.4. The van der Waals surface area contributed by atoms with Crippen molar-refractivity contribution < 1.29 is 4.57 Å². The zero-order valence-corrected chi connectivity index (χ0v) is 34.0. The van der Waals surface area contributed by atoms with E-state index in [1.807, 2.05) is 0 Å². The SMILES string of the molecule is CCCCCCCCCCCCCCCCCCCn1c(CC(C)c2ccccc2)c[n+](CCCCCCCCCCC)c1Cc1ccccc1. The number of hydrogen-bond acceptors (Lipinski definition) is 0. The van der Waals surface area contributed by atoms with E-state index < -0.39 is 0 Å². The molecule has 3 rings (SSSR count). The number of unbranched alkanes of at least 4 members (excludes halogenated alkanes) is 24. The highest BCUT2D eigenvalue weighted by Crippen LogP contribution is 2.23. The summed E-state index contributed by atoms with van der Waals surface area (Å²) in [5.41, 5.74) is 4.42. The van der Waals surface area contributed by atoms with Crippen molar-refractivity contribution in [2.24, 2.45) is 0 Å². The van der Waals surface area contributed by atoms with Crippen LogP contribution in [0.25, 0.3) is 0 Å². The second-order valence-electron chi connectivity index (χ2n) is 16.0. The third kappa shape index (κ3) is 19.3. The Morgan fingerprint density at radius 2 is 0.902 bits per heavy atom. The van der Waals surface area contributed by atoms with E-state index in [2.05, 4.69) is 96.8 Å². The Hall–Kier alpha value is -2.35. The minimum absolute atomic E-state index is 0.515. The molecule has 51 heavy (non-hydrogen) atoms. The number of hydrogen-bond donors (Lipinski definition) is 0. The summed E-state index contributed by atoms with van der Waals surface area (Å²) in [5, 5.41) is 0. The van der Waals surface area contributed by atoms with Crippen molar-refractivity contribution in [2.45, 2.75) is 220 Å². The van der Waals surface area contributed by atoms with Gasteiger partial charge in [-0.05, 0) is 42.7 Å². The second-order valence-corrected chi connectivity index (χ2v) is 16.0. The lowest BCUT2D eigenvalue weighted by Crippen LogP contribution is -2.37. The fourth-order valence-electron chi connectivity index (χ4n) is 8.05. The fourth-order valence-corrected chi connectivity index (χ4v) is 8.05. The van der Waals surface area contributed by atoms with Crippen LogP contribution in [-0.4, -0.2) is 4.57 Å². The van der Waals surface area contributed by atoms with E-state index in [4.69, 9.17) is 0 Å². The summed E-state index contributed by atoms with van der Waals surface area (Å²) in [4.78, 5) is 0. The molecule has 1 aromatic heterocycles. The molecule has 2 heteroatoms. The molecular weight excluding hydrogens is 617 g/mol. The molecule has 0 spiro atoms. The molecule has 1 atom stereocenters. The summed E-state index contributed by atoms with van der Waals surface area (Å²) in [6.07, 6.45) is 41.4. The van der Waals surface area contributed by atoms with Gasteiger partial charge in [-0.1, -0.05) is 223 Å². The standard InChI is InChI=1S/C49H81N2/c1-4-6-8-10-12-14-15-16-17-18-19-20-21-23-25-27-35-41-51-48(42-45(3)47-38-32-29-33-39-47)44-50(49(51)43-46-36-30-28-31-37-46)40-34-26-24-22-13-11-9-7-5-2/h28-33,36-39,44-45H,4-27,34-35,40-43H2,1-3H3/q+1. The van der Waals surface area contributed by atoms with Crippen LogP contribution in [0.4, 0.5) is 0 Å². The highest BCUT2D eigenvalue weighted by molar-refractivity contribution is 5.22. The van der Waals surface area contributed by atoms with E-state index in [1.165, 1.54) is 190 Å². The number of imidazole rings is 1. The maximum Gasteiger partial charge on any atom is 0.261 e. The zero-order valence-electron chi connectivity index (χ0n) is 34.0. The quantitative estimate of drug-likeness (QED) is 0.0442. The number of benzene rings is 2. The van der Waals surface area contributed by atoms with Crippen LogP contribution in [-0.2, 0) is 25.9 Å². The maximum absolute atomic E-state index is 2.76. The lowest BCUT2D eigenvalue weighted by Gasteiger charge is -2.12. The van der Waals surface area contributed by atoms with Crippen molar-refractivity contribution in [1.82, 2.24) is 4.57 Å². The smallest absolute Gasteiger partial charge is 0.234 e. The first-order valence-electron chi connectivity index (χ1n) is 22.4. The zero-order chi connectivity index (χ0) is 36.0. The van der Waals surface area contributed by atoms with Crippen LogP contribution in [0.3, 0.4) is 0 Å². The van der Waals surface area contributed by atoms with Crippen LogP contribution in [0.15, 0.2) is 66.9 Å². The van der Waals surface area contributed by atoms with Gasteiger partial charge in [-0.15, -0.1) is 0 Å². The van der Waals surface area contributed by atoms with Gasteiger partial charge in [0, 0.05) is 6.42 Å². The minimum atomic E-state index is 0.515. The monoisotopic (exact) mass is 698 g/mol. The number of aromatic nitrogens is 2. The molecule has 2 nitrogen and oxygen atoms in total. The van der Waals surface area contributed by atoms with Gasteiger partial charge in [0.1, 0.15) is 11.9 Å². The normalized spacial score (nSPS) is 12.1. The van der Waals surface area contributed by atoms with Crippen molar-refractivity contribution in [1.29, 1.82) is 0 Å². The molecule has 0 fully saturated rings. The molecule has 0 aliphatic heterocycles. The van der Waals surface area contributed by atoms with Crippen LogP contribution < -0.4 is 4.57 Å². The van der Waals surface area contributed by atoms with Gasteiger partial charge in [-0.2, -0.15) is 0 Å². The Kier molecular flexibility index (Phi) is 24.6. The van der Waals surface area contributed by atoms with E-state index in [0.717, 1.165) is 25.9 Å². The molecular formula is C49H81N2+. The van der Waals surface area contributed by atoms with E-state index in [9.17, 15) is 0 Å². The third-order valence-electron chi connectivity index (χ3n) is 11.4. The van der Waals surface area contributed by atoms with Crippen molar-refractivity contribution in [3.05, 3.63) is 89.5 Å². The molecule has 1 heterocycles. The minimum Gasteiger partial charge on any atom is -0.234 e. The maximum atomic E-state index is 2.76. The third-order valence-corrected chi connectivity index (χ3v) is 11.4. The molecule has 0 aliphatic rings. The first kappa shape index (κ1) is 43.1. The molecule has 0 radical (unpaired) electrons. The summed E-state index contributed by atoms with van der Waals surface area (Å²) < 4.78 is 5.42. The molecule has 3 aromatic rings. The van der Waals surface area contributed by atoms with Crippen molar-refractivity contribution >= 4 is 0 Å². The second kappa shape index (κ2) is 29.1. The van der Waals surface area contributed by atoms with Crippen molar-refractivity contribution in [2.75, 3.05) is 0 Å². The van der Waals surface area contributed by atoms with Gasteiger partial charge in [0.2, 0.25) is 0 Å². The van der Waals surface area contributed by atoms with Crippen LogP contribution in [0.1, 0.15) is 216 Å². The largest absolute Gasteiger partial charge is 0.261 e. The molecule has 0 saturated carbocycles. The van der Waals surface area contributed by atoms with E-state index in [0.29, 0.717) is 5.92 Å². The Bertz CT molecular complexity index is 1200. The topological polar surface area (TPSA) is 8.81 Å². The molecule has 1 unspecified atom stereocenters. The van der Waals surface area contributed by atoms with Crippen molar-refractivity contribution in [3.63, 3.8) is 0 Å². The Morgan fingerprint density at radius 3 is 1.37 bits per heavy atom. The average molecular weight is 698 g/mol. The number of nitrogens with zero attached hydrogens (tertiary/aromatic N) is 2. The van der Waals surface area contributed by atoms with E-state index in [1.54, 1.807) is 0 Å². The lowest BCUT2D eigenvalue weighted by atomic mass is 9.96. The van der Waals surface area contributed by atoms with Gasteiger partial charge < -0.3 is 0 Å². The summed E-state index contributed by atoms with van der Waals surface area (Å²) in [6.45, 7) is 9.35. The van der Waals surface area contributed by atoms with Gasteiger partial charge in [0.05, 0.1) is 19.5 Å². The number of rotatable bonds is 33. The summed E-state index contributed by atoms with van der Waals surface area (Å²) >= 11 is 0. The van der Waals surface area contributed by atoms with Crippen molar-refractivity contribution in [3.8, 4) is 0 Å². The van der Waals surface area contributed by atoms with Gasteiger partial charge in [-0.25, -0.2) is 9.13 Å². The molecule has 0 bridgehead atoms. The molecule has 286 valence electrons. The summed E-state index contributed by atoms with van der Waals surface area (Å²) in [5.74, 6) is 2.04. The summed E-state index contributed by atoms with van der Waals surface area (Å²) in [7, 11) is 0. The van der Waals surface area contributed by atoms with Crippen LogP contribution in [0, 0.1) is 0 Å². The average Bonchev–Trinajstić information content (AvgIpc) is 3.47. The van der Waals surface area contributed by atoms with Crippen LogP contribution in [0.2, 0.25) is 0 Å². The predicted molar refractivity (Wildman–Crippen MR) is 224 cm³/mol. The highest BCUT2D eigenvalue weighted by atomic mass is 15.2. The molecule has 0 saturated heterocycles. The van der Waals surface area contributed by atoms with E-state index >= 15 is 0 Å². The molecule has 0 N–H and O–H groups in total. The predicted octanol–water partition coefficient (Wildman–Crippen LogP) is 14.9. The van der Waals surface area contributed by atoms with Crippen LogP contribution >= 0.6 is 0 Å². The summed E-state index contributed by atoms with van der Waals surface area (Å²) in [6, 6.07) is 22.4. The number of aryl methyl sites for hydroxylation is 1. The van der Waals surface area contributed by atoms with Gasteiger partial charge in [-0.3, -0.25) is 0 Å². The molecule has 0 aliphatic carbocycles. The molecule has 2 aromatic carbocycles. The van der Waals surface area contributed by atoms with Crippen LogP contribution in [0.5, 0.6) is 0 Å². The van der Waals surface area contributed by atoms with Gasteiger partial charge in [0.25, 0.3) is 5.82 Å². The molecule has 0 amide bonds. The van der Waals surface area contributed by atoms with E-state index in [-0.39, 0.29) is 0 Å². The Morgan fingerprint density at radius 1 is 0.490 bits per heavy atom. The Labute approximate surface area is 317 Å². The Balaban J connectivity index is 1.49. The lowest BCUT2D eigenvalue weighted by molar-refractivity contribution is -0.704. The highest BCUT2D eigenvalue weighted by Gasteiger charge is 2.25. The van der Waals surface area contributed by atoms with Gasteiger partial charge >= 0.3 is 0 Å². The first-order chi connectivity index (χ1) is 25.2. The van der Waals surface area contributed by atoms with Gasteiger partial charge in [0.15, 0.2) is 0 Å².